The molecule has 0 saturated carbocycles. The van der Waals surface area contributed by atoms with Gasteiger partial charge in [0.25, 0.3) is 0 Å². The van der Waals surface area contributed by atoms with E-state index in [1.54, 1.807) is 17.7 Å². The Morgan fingerprint density at radius 3 is 2.48 bits per heavy atom. The Kier molecular flexibility index (Phi) is 7.62. The molecule has 0 unspecified atom stereocenters. The van der Waals surface area contributed by atoms with Crippen molar-refractivity contribution in [3.8, 4) is 5.75 Å². The number of aryl methyl sites for hydroxylation is 3. The summed E-state index contributed by atoms with van der Waals surface area (Å²) in [6.07, 6.45) is 3.79. The molecule has 3 heterocycles. The highest BCUT2D eigenvalue weighted by atomic mass is 31.2. The number of ether oxygens (including phenoxy) is 1. The zero-order valence-electron chi connectivity index (χ0n) is 24.4. The number of phosphoric acid groups is 1. The number of H-pyrrole nitrogens is 1. The van der Waals surface area contributed by atoms with E-state index in [-0.39, 0.29) is 18.1 Å². The number of aliphatic imine (C=N–C) groups is 1. The zero-order chi connectivity index (χ0) is 30.4. The highest BCUT2D eigenvalue weighted by Gasteiger charge is 2.33. The third kappa shape index (κ3) is 5.77. The molecule has 5 rings (SSSR count). The molecule has 0 radical (unpaired) electrons. The fourth-order valence-corrected chi connectivity index (χ4v) is 6.13. The van der Waals surface area contributed by atoms with E-state index in [2.05, 4.69) is 11.1 Å². The van der Waals surface area contributed by atoms with Crippen molar-refractivity contribution in [3.05, 3.63) is 106 Å². The van der Waals surface area contributed by atoms with Gasteiger partial charge >= 0.3 is 7.82 Å². The number of fused-ring (bicyclic) bond motifs is 1. The summed E-state index contributed by atoms with van der Waals surface area (Å²) in [4.78, 5) is 41.5. The number of allylic oxidation sites excluding steroid dienone is 1. The summed E-state index contributed by atoms with van der Waals surface area (Å²) in [6, 6.07) is 16.6. The normalized spacial score (nSPS) is 14.8. The monoisotopic (exact) mass is 587 g/mol. The highest BCUT2D eigenvalue weighted by molar-refractivity contribution is 7.46. The molecule has 0 aliphatic carbocycles. The maximum atomic E-state index is 14.2. The average molecular weight is 588 g/mol. The van der Waals surface area contributed by atoms with Crippen molar-refractivity contribution in [3.63, 3.8) is 0 Å². The van der Waals surface area contributed by atoms with Gasteiger partial charge in [0.2, 0.25) is 5.91 Å². The van der Waals surface area contributed by atoms with Crippen LogP contribution in [0.2, 0.25) is 0 Å². The first kappa shape index (κ1) is 29.3. The summed E-state index contributed by atoms with van der Waals surface area (Å²) in [5, 5.41) is 0.878. The maximum Gasteiger partial charge on any atom is 0.524 e. The summed E-state index contributed by atoms with van der Waals surface area (Å²) in [5.41, 5.74) is 6.11. The number of aromatic amines is 1. The third-order valence-corrected chi connectivity index (χ3v) is 7.83. The fraction of sp³-hybridized carbons (Fsp3) is 0.250. The van der Waals surface area contributed by atoms with Crippen molar-refractivity contribution in [1.82, 2.24) is 9.55 Å². The minimum absolute atomic E-state index is 0.0266. The van der Waals surface area contributed by atoms with Crippen molar-refractivity contribution in [1.29, 1.82) is 0 Å². The maximum absolute atomic E-state index is 14.2. The summed E-state index contributed by atoms with van der Waals surface area (Å²) >= 11 is 0. The van der Waals surface area contributed by atoms with Gasteiger partial charge in [-0.15, -0.1) is 0 Å². The van der Waals surface area contributed by atoms with Crippen molar-refractivity contribution in [2.45, 2.75) is 46.5 Å². The first-order chi connectivity index (χ1) is 19.8. The molecule has 0 spiro atoms. The third-order valence-electron chi connectivity index (χ3n) is 7.40. The lowest BCUT2D eigenvalue weighted by molar-refractivity contribution is 0.0881. The smallest absolute Gasteiger partial charge is 0.494 e. The summed E-state index contributed by atoms with van der Waals surface area (Å²) in [6.45, 7) is 9.57. The molecule has 0 fully saturated rings. The van der Waals surface area contributed by atoms with Crippen LogP contribution in [-0.2, 0) is 14.7 Å². The first-order valence-electron chi connectivity index (χ1n) is 13.5. The lowest BCUT2D eigenvalue weighted by Gasteiger charge is -2.29. The van der Waals surface area contributed by atoms with Crippen molar-refractivity contribution >= 4 is 36.4 Å². The van der Waals surface area contributed by atoms with Gasteiger partial charge in [-0.3, -0.25) is 19.1 Å². The molecule has 2 aromatic carbocycles. The van der Waals surface area contributed by atoms with Gasteiger partial charge < -0.3 is 14.2 Å². The number of carbonyl (C=O) groups is 1. The Balaban J connectivity index is 1.59. The molecule has 0 amide bonds. The van der Waals surface area contributed by atoms with Crippen LogP contribution in [0.4, 0.5) is 0 Å². The van der Waals surface area contributed by atoms with Crippen LogP contribution in [-0.4, -0.2) is 38.1 Å². The van der Waals surface area contributed by atoms with Crippen molar-refractivity contribution < 1.29 is 28.4 Å². The fourth-order valence-electron chi connectivity index (χ4n) is 5.72. The minimum Gasteiger partial charge on any atom is -0.494 e. The Bertz CT molecular complexity index is 1850. The Morgan fingerprint density at radius 2 is 1.81 bits per heavy atom. The standard InChI is InChI=1S/C32H34N3O6P/c1-19-10-9-13-28(41-42(37,38)39)31(19)32(4,5)18-30(36)35-26-12-8-7-11-22(26)15-27(35)24-17-29(40-6)25(34-24)16-23-20(2)14-21(3)33-23/h7-17,33H,18H2,1-6H3,(H2,37,38,39)/b25-16-. The molecule has 2 aromatic heterocycles. The van der Waals surface area contributed by atoms with Crippen LogP contribution in [0, 0.1) is 20.8 Å². The summed E-state index contributed by atoms with van der Waals surface area (Å²) in [5.74, 6) is 0.432. The van der Waals surface area contributed by atoms with Gasteiger partial charge in [-0.1, -0.05) is 44.2 Å². The molecule has 218 valence electrons. The number of rotatable bonds is 8. The molecule has 0 saturated heterocycles. The number of aromatic nitrogens is 2. The van der Waals surface area contributed by atoms with E-state index in [1.165, 1.54) is 6.07 Å². The predicted octanol–water partition coefficient (Wildman–Crippen LogP) is 6.75. The van der Waals surface area contributed by atoms with Gasteiger partial charge in [0.15, 0.2) is 0 Å². The van der Waals surface area contributed by atoms with E-state index in [4.69, 9.17) is 14.3 Å². The Labute approximate surface area is 244 Å². The Morgan fingerprint density at radius 1 is 1.07 bits per heavy atom. The molecule has 4 aromatic rings. The molecule has 3 N–H and O–H groups in total. The number of para-hydroxylation sites is 1. The Hall–Kier alpha value is -4.17. The van der Waals surface area contributed by atoms with E-state index in [0.717, 1.165) is 33.4 Å². The summed E-state index contributed by atoms with van der Waals surface area (Å²) in [7, 11) is -3.22. The average Bonchev–Trinajstić information content (AvgIpc) is 3.56. The molecule has 0 bridgehead atoms. The molecule has 10 heteroatoms. The number of nitrogens with zero attached hydrogens (tertiary/aromatic N) is 2. The van der Waals surface area contributed by atoms with Gasteiger partial charge in [0.1, 0.15) is 17.2 Å². The second-order valence-corrected chi connectivity index (χ2v) is 12.4. The topological polar surface area (TPSA) is 126 Å². The van der Waals surface area contributed by atoms with Crippen LogP contribution in [0.3, 0.4) is 0 Å². The quantitative estimate of drug-likeness (QED) is 0.196. The second-order valence-electron chi connectivity index (χ2n) is 11.2. The van der Waals surface area contributed by atoms with Gasteiger partial charge in [0.05, 0.1) is 24.0 Å². The van der Waals surface area contributed by atoms with Crippen LogP contribution in [0.25, 0.3) is 17.0 Å². The molecular weight excluding hydrogens is 553 g/mol. The van der Waals surface area contributed by atoms with Gasteiger partial charge in [-0.25, -0.2) is 9.56 Å². The van der Waals surface area contributed by atoms with Crippen LogP contribution in [0.15, 0.2) is 77.1 Å². The predicted molar refractivity (Wildman–Crippen MR) is 164 cm³/mol. The number of phosphoric ester groups is 1. The van der Waals surface area contributed by atoms with Crippen LogP contribution >= 0.6 is 7.82 Å². The highest BCUT2D eigenvalue weighted by Crippen LogP contribution is 2.45. The minimum atomic E-state index is -4.82. The SMILES string of the molecule is COC1=CC(c2cc3ccccc3n2C(=O)CC(C)(C)c2c(C)cccc2OP(=O)(O)O)=N/C1=C\c1[nH]c(C)cc1C. The van der Waals surface area contributed by atoms with E-state index < -0.39 is 13.2 Å². The summed E-state index contributed by atoms with van der Waals surface area (Å²) < 4.78 is 24.1. The number of nitrogens with one attached hydrogen (secondary N) is 1. The van der Waals surface area contributed by atoms with E-state index in [9.17, 15) is 19.1 Å². The molecule has 1 aliphatic heterocycles. The van der Waals surface area contributed by atoms with Crippen LogP contribution in [0.5, 0.6) is 5.75 Å². The zero-order valence-corrected chi connectivity index (χ0v) is 25.3. The van der Waals surface area contributed by atoms with Crippen LogP contribution < -0.4 is 4.52 Å². The lowest BCUT2D eigenvalue weighted by Crippen LogP contribution is -2.28. The van der Waals surface area contributed by atoms with Gasteiger partial charge in [0, 0.05) is 40.2 Å². The lowest BCUT2D eigenvalue weighted by atomic mass is 9.78. The van der Waals surface area contributed by atoms with E-state index in [0.29, 0.717) is 28.4 Å². The first-order valence-corrected chi connectivity index (χ1v) is 15.0. The molecule has 0 atom stereocenters. The van der Waals surface area contributed by atoms with Gasteiger partial charge in [-0.2, -0.15) is 0 Å². The largest absolute Gasteiger partial charge is 0.524 e. The molecule has 42 heavy (non-hydrogen) atoms. The molecule has 1 aliphatic rings. The number of benzene rings is 2. The number of carbonyl (C=O) groups excluding carboxylic acids is 1. The molecular formula is C32H34N3O6P. The van der Waals surface area contributed by atoms with Crippen molar-refractivity contribution in [2.75, 3.05) is 7.11 Å². The second kappa shape index (κ2) is 10.9. The van der Waals surface area contributed by atoms with Crippen LogP contribution in [0.1, 0.15) is 58.8 Å². The van der Waals surface area contributed by atoms with Crippen molar-refractivity contribution in [2.24, 2.45) is 4.99 Å². The van der Waals surface area contributed by atoms with E-state index in [1.807, 2.05) is 83.2 Å². The van der Waals surface area contributed by atoms with Gasteiger partial charge in [-0.05, 0) is 62.2 Å². The van der Waals surface area contributed by atoms with E-state index >= 15 is 0 Å². The number of methoxy groups -OCH3 is 1. The molecule has 9 nitrogen and oxygen atoms in total. The number of hydrogen-bond donors (Lipinski definition) is 3. The number of hydrogen-bond acceptors (Lipinski definition) is 5.